The highest BCUT2D eigenvalue weighted by atomic mass is 16.5. The summed E-state index contributed by atoms with van der Waals surface area (Å²) in [5.41, 5.74) is 6.85. The Morgan fingerprint density at radius 1 is 1.21 bits per heavy atom. The number of aromatic amines is 1. The quantitative estimate of drug-likeness (QED) is 0.679. The van der Waals surface area contributed by atoms with Crippen molar-refractivity contribution in [3.05, 3.63) is 53.2 Å². The van der Waals surface area contributed by atoms with Crippen LogP contribution in [-0.4, -0.2) is 15.0 Å². The van der Waals surface area contributed by atoms with Crippen molar-refractivity contribution >= 4 is 16.6 Å². The van der Waals surface area contributed by atoms with E-state index in [-0.39, 0.29) is 11.4 Å². The van der Waals surface area contributed by atoms with E-state index in [9.17, 15) is 4.79 Å². The van der Waals surface area contributed by atoms with Crippen LogP contribution < -0.4 is 16.0 Å². The number of nitrogen functional groups attached to an aromatic ring is 1. The van der Waals surface area contributed by atoms with E-state index in [4.69, 9.17) is 10.5 Å². The van der Waals surface area contributed by atoms with Crippen LogP contribution in [0.5, 0.6) is 11.6 Å². The number of pyridine rings is 1. The van der Waals surface area contributed by atoms with Crippen molar-refractivity contribution < 1.29 is 4.74 Å². The van der Waals surface area contributed by atoms with Crippen LogP contribution in [0.4, 0.5) is 5.69 Å². The number of fused-ring (bicyclic) bond motifs is 1. The number of hydrogen-bond acceptors (Lipinski definition) is 5. The second kappa shape index (κ2) is 4.41. The molecule has 0 amide bonds. The highest BCUT2D eigenvalue weighted by molar-refractivity contribution is 5.94. The van der Waals surface area contributed by atoms with Crippen LogP contribution in [0.3, 0.4) is 0 Å². The normalized spacial score (nSPS) is 10.5. The molecule has 19 heavy (non-hydrogen) atoms. The van der Waals surface area contributed by atoms with E-state index in [1.54, 1.807) is 24.4 Å². The minimum atomic E-state index is -0.280. The lowest BCUT2D eigenvalue weighted by atomic mass is 10.2. The van der Waals surface area contributed by atoms with Gasteiger partial charge in [0.05, 0.1) is 12.4 Å². The van der Waals surface area contributed by atoms with Crippen LogP contribution in [0.1, 0.15) is 0 Å². The molecule has 2 heterocycles. The van der Waals surface area contributed by atoms with Gasteiger partial charge in [-0.1, -0.05) is 0 Å². The van der Waals surface area contributed by atoms with Gasteiger partial charge < -0.3 is 15.5 Å². The Morgan fingerprint density at radius 2 is 2.11 bits per heavy atom. The number of aromatic nitrogens is 3. The van der Waals surface area contributed by atoms with Crippen molar-refractivity contribution in [3.63, 3.8) is 0 Å². The van der Waals surface area contributed by atoms with Gasteiger partial charge in [-0.3, -0.25) is 9.78 Å². The van der Waals surface area contributed by atoms with Gasteiger partial charge in [0, 0.05) is 17.3 Å². The largest absolute Gasteiger partial charge is 0.436 e. The molecule has 3 N–H and O–H groups in total. The molecule has 3 aromatic rings. The number of anilines is 1. The maximum Gasteiger partial charge on any atom is 0.254 e. The lowest BCUT2D eigenvalue weighted by Crippen LogP contribution is -2.04. The number of nitrogens with two attached hydrogens (primary N) is 1. The van der Waals surface area contributed by atoms with Crippen LogP contribution in [0.15, 0.2) is 47.7 Å². The smallest absolute Gasteiger partial charge is 0.254 e. The Labute approximate surface area is 107 Å². The lowest BCUT2D eigenvalue weighted by molar-refractivity contribution is 0.465. The molecule has 3 rings (SSSR count). The number of benzene rings is 1. The molecule has 0 bridgehead atoms. The highest BCUT2D eigenvalue weighted by Crippen LogP contribution is 2.30. The van der Waals surface area contributed by atoms with Crippen LogP contribution in [0.2, 0.25) is 0 Å². The predicted molar refractivity (Wildman–Crippen MR) is 71.1 cm³/mol. The monoisotopic (exact) mass is 254 g/mol. The van der Waals surface area contributed by atoms with Gasteiger partial charge in [0.15, 0.2) is 5.75 Å². The van der Waals surface area contributed by atoms with Gasteiger partial charge in [-0.25, -0.2) is 4.98 Å². The average molecular weight is 254 g/mol. The summed E-state index contributed by atoms with van der Waals surface area (Å²) >= 11 is 0. The number of hydrogen-bond donors (Lipinski definition) is 2. The Kier molecular flexibility index (Phi) is 2.60. The highest BCUT2D eigenvalue weighted by Gasteiger charge is 2.08. The molecular formula is C13H10N4O2. The number of nitrogens with one attached hydrogen (secondary N) is 1. The molecule has 0 aliphatic heterocycles. The molecule has 1 aromatic carbocycles. The van der Waals surface area contributed by atoms with E-state index in [2.05, 4.69) is 15.0 Å². The fraction of sp³-hybridized carbons (Fsp3) is 0. The molecule has 0 aliphatic rings. The van der Waals surface area contributed by atoms with Crippen LogP contribution in [-0.2, 0) is 0 Å². The molecule has 0 atom stereocenters. The van der Waals surface area contributed by atoms with Crippen molar-refractivity contribution in [1.29, 1.82) is 0 Å². The molecule has 0 unspecified atom stereocenters. The van der Waals surface area contributed by atoms with Gasteiger partial charge in [0.1, 0.15) is 5.52 Å². The molecule has 6 nitrogen and oxygen atoms in total. The third kappa shape index (κ3) is 2.11. The van der Waals surface area contributed by atoms with Gasteiger partial charge >= 0.3 is 0 Å². The van der Waals surface area contributed by atoms with Crippen molar-refractivity contribution in [2.75, 3.05) is 5.73 Å². The first kappa shape index (κ1) is 11.2. The molecule has 0 aliphatic carbocycles. The van der Waals surface area contributed by atoms with Crippen molar-refractivity contribution in [1.82, 2.24) is 15.0 Å². The fourth-order valence-electron chi connectivity index (χ4n) is 1.77. The predicted octanol–water partition coefficient (Wildman–Crippen LogP) is 1.69. The summed E-state index contributed by atoms with van der Waals surface area (Å²) < 4.78 is 5.58. The zero-order chi connectivity index (χ0) is 13.2. The number of H-pyrrole nitrogens is 1. The van der Waals surface area contributed by atoms with Gasteiger partial charge in [0.2, 0.25) is 5.88 Å². The fourth-order valence-corrected chi connectivity index (χ4v) is 1.77. The first-order valence-electron chi connectivity index (χ1n) is 5.60. The Morgan fingerprint density at radius 3 is 2.95 bits per heavy atom. The molecule has 6 heteroatoms. The summed E-state index contributed by atoms with van der Waals surface area (Å²) in [4.78, 5) is 21.8. The molecule has 2 aromatic heterocycles. The average Bonchev–Trinajstić information content (AvgIpc) is 2.42. The van der Waals surface area contributed by atoms with E-state index < -0.39 is 0 Å². The van der Waals surface area contributed by atoms with Crippen LogP contribution in [0.25, 0.3) is 10.9 Å². The SMILES string of the molecule is Nc1ccc(Oc2cc(=O)[nH]cn2)c2ncccc12. The van der Waals surface area contributed by atoms with E-state index in [1.165, 1.54) is 12.4 Å². The Balaban J connectivity index is 2.11. The summed E-state index contributed by atoms with van der Waals surface area (Å²) in [6.45, 7) is 0. The lowest BCUT2D eigenvalue weighted by Gasteiger charge is -2.08. The zero-order valence-electron chi connectivity index (χ0n) is 9.83. The van der Waals surface area contributed by atoms with Gasteiger partial charge in [0.25, 0.3) is 5.56 Å². The summed E-state index contributed by atoms with van der Waals surface area (Å²) in [5.74, 6) is 0.711. The summed E-state index contributed by atoms with van der Waals surface area (Å²) in [7, 11) is 0. The van der Waals surface area contributed by atoms with Crippen LogP contribution in [0, 0.1) is 0 Å². The van der Waals surface area contributed by atoms with Crippen LogP contribution >= 0.6 is 0 Å². The van der Waals surface area contributed by atoms with Gasteiger partial charge in [-0.15, -0.1) is 0 Å². The summed E-state index contributed by atoms with van der Waals surface area (Å²) in [5, 5.41) is 0.796. The van der Waals surface area contributed by atoms with Crippen molar-refractivity contribution in [2.24, 2.45) is 0 Å². The molecule has 0 saturated carbocycles. The van der Waals surface area contributed by atoms with E-state index >= 15 is 0 Å². The Bertz CT molecular complexity index is 798. The molecule has 94 valence electrons. The van der Waals surface area contributed by atoms with Gasteiger partial charge in [-0.05, 0) is 24.3 Å². The molecular weight excluding hydrogens is 244 g/mol. The number of rotatable bonds is 2. The maximum atomic E-state index is 11.2. The van der Waals surface area contributed by atoms with E-state index in [0.29, 0.717) is 17.0 Å². The topological polar surface area (TPSA) is 93.9 Å². The third-order valence-corrected chi connectivity index (χ3v) is 2.63. The zero-order valence-corrected chi connectivity index (χ0v) is 9.83. The second-order valence-electron chi connectivity index (χ2n) is 3.90. The van der Waals surface area contributed by atoms with E-state index in [0.717, 1.165) is 5.39 Å². The van der Waals surface area contributed by atoms with Crippen molar-refractivity contribution in [2.45, 2.75) is 0 Å². The summed E-state index contributed by atoms with van der Waals surface area (Å²) in [6, 6.07) is 8.36. The minimum Gasteiger partial charge on any atom is -0.436 e. The first-order chi connectivity index (χ1) is 9.24. The van der Waals surface area contributed by atoms with Gasteiger partial charge in [-0.2, -0.15) is 0 Å². The summed E-state index contributed by atoms with van der Waals surface area (Å²) in [6.07, 6.45) is 2.93. The molecule has 0 fully saturated rings. The standard InChI is InChI=1S/C13H10N4O2/c14-9-3-4-10(13-8(9)2-1-5-15-13)19-12-6-11(18)16-7-17-12/h1-7H,14H2,(H,16,17,18). The third-order valence-electron chi connectivity index (χ3n) is 2.63. The molecule has 0 saturated heterocycles. The molecule has 0 spiro atoms. The van der Waals surface area contributed by atoms with E-state index in [1.807, 2.05) is 6.07 Å². The number of nitrogens with zero attached hydrogens (tertiary/aromatic N) is 2. The first-order valence-corrected chi connectivity index (χ1v) is 5.60. The van der Waals surface area contributed by atoms with Crippen molar-refractivity contribution in [3.8, 4) is 11.6 Å². The minimum absolute atomic E-state index is 0.209. The molecule has 0 radical (unpaired) electrons. The number of ether oxygens (including phenoxy) is 1. The Hall–Kier alpha value is -2.89. The second-order valence-corrected chi connectivity index (χ2v) is 3.90. The maximum absolute atomic E-state index is 11.2.